The van der Waals surface area contributed by atoms with Crippen molar-refractivity contribution in [1.82, 2.24) is 9.88 Å². The molecule has 2 aliphatic rings. The molecule has 1 saturated heterocycles. The first-order valence-electron chi connectivity index (χ1n) is 10.9. The third-order valence-corrected chi connectivity index (χ3v) is 6.32. The number of fused-ring (bicyclic) bond motifs is 1. The van der Waals surface area contributed by atoms with Gasteiger partial charge < -0.3 is 15.2 Å². The van der Waals surface area contributed by atoms with Crippen LogP contribution in [0.5, 0.6) is 0 Å². The Morgan fingerprint density at radius 1 is 1.13 bits per heavy atom. The van der Waals surface area contributed by atoms with Crippen LogP contribution >= 0.6 is 0 Å². The quantitative estimate of drug-likeness (QED) is 0.723. The predicted octanol–water partition coefficient (Wildman–Crippen LogP) is 3.15. The van der Waals surface area contributed by atoms with Gasteiger partial charge in [0.15, 0.2) is 0 Å². The van der Waals surface area contributed by atoms with Gasteiger partial charge in [0.2, 0.25) is 0 Å². The zero-order valence-electron chi connectivity index (χ0n) is 17.6. The van der Waals surface area contributed by atoms with Crippen LogP contribution in [-0.4, -0.2) is 53.9 Å². The second-order valence-corrected chi connectivity index (χ2v) is 8.40. The zero-order valence-corrected chi connectivity index (χ0v) is 17.6. The number of rotatable bonds is 6. The van der Waals surface area contributed by atoms with E-state index in [1.165, 1.54) is 5.56 Å². The second-order valence-electron chi connectivity index (χ2n) is 8.40. The average Bonchev–Trinajstić information content (AvgIpc) is 3.16. The number of anilines is 1. The summed E-state index contributed by atoms with van der Waals surface area (Å²) < 4.78 is 5.85. The molecule has 2 N–H and O–H groups in total. The highest BCUT2D eigenvalue weighted by molar-refractivity contribution is 5.36. The Balaban J connectivity index is 1.34. The Labute approximate surface area is 179 Å². The Hall–Kier alpha value is -2.39. The molecule has 1 saturated carbocycles. The second kappa shape index (κ2) is 10.1. The van der Waals surface area contributed by atoms with Crippen molar-refractivity contribution >= 4 is 5.82 Å². The maximum Gasteiger partial charge on any atom is 0.126 e. The molecule has 0 amide bonds. The number of likely N-dealkylation sites (tertiary alicyclic amines) is 1. The topological polar surface area (TPSA) is 57.6 Å². The molecule has 2 heterocycles. The van der Waals surface area contributed by atoms with E-state index in [0.29, 0.717) is 24.3 Å². The van der Waals surface area contributed by atoms with Crippen molar-refractivity contribution in [2.75, 3.05) is 32.1 Å². The van der Waals surface area contributed by atoms with Gasteiger partial charge in [0, 0.05) is 44.9 Å². The first-order chi connectivity index (χ1) is 14.7. The van der Waals surface area contributed by atoms with Crippen LogP contribution in [-0.2, 0) is 11.3 Å². The highest BCUT2D eigenvalue weighted by Crippen LogP contribution is 2.38. The zero-order chi connectivity index (χ0) is 20.8. The van der Waals surface area contributed by atoms with Gasteiger partial charge in [0.25, 0.3) is 0 Å². The van der Waals surface area contributed by atoms with Gasteiger partial charge >= 0.3 is 0 Å². The van der Waals surface area contributed by atoms with E-state index in [1.54, 1.807) is 0 Å². The van der Waals surface area contributed by atoms with Gasteiger partial charge in [-0.1, -0.05) is 30.0 Å². The molecule has 1 aromatic carbocycles. The van der Waals surface area contributed by atoms with E-state index >= 15 is 0 Å². The number of hydrogen-bond donors (Lipinski definition) is 2. The summed E-state index contributed by atoms with van der Waals surface area (Å²) in [6.45, 7) is 3.37. The maximum atomic E-state index is 8.84. The van der Waals surface area contributed by atoms with Gasteiger partial charge in [-0.2, -0.15) is 0 Å². The summed E-state index contributed by atoms with van der Waals surface area (Å²) in [7, 11) is 1.83. The van der Waals surface area contributed by atoms with Gasteiger partial charge in [-0.05, 0) is 54.5 Å². The van der Waals surface area contributed by atoms with Gasteiger partial charge in [-0.15, -0.1) is 0 Å². The highest BCUT2D eigenvalue weighted by Gasteiger charge is 2.42. The van der Waals surface area contributed by atoms with Crippen molar-refractivity contribution in [3.8, 4) is 11.8 Å². The Morgan fingerprint density at radius 3 is 2.63 bits per heavy atom. The number of nitrogens with one attached hydrogen (secondary N) is 1. The van der Waals surface area contributed by atoms with E-state index in [4.69, 9.17) is 9.84 Å². The Morgan fingerprint density at radius 2 is 1.93 bits per heavy atom. The lowest BCUT2D eigenvalue weighted by atomic mass is 9.77. The molecule has 5 nitrogen and oxygen atoms in total. The Kier molecular flexibility index (Phi) is 7.01. The lowest BCUT2D eigenvalue weighted by Crippen LogP contribution is -2.44. The molecule has 30 heavy (non-hydrogen) atoms. The predicted molar refractivity (Wildman–Crippen MR) is 119 cm³/mol. The number of aliphatic hydroxyl groups excluding tert-OH is 1. The van der Waals surface area contributed by atoms with Crippen molar-refractivity contribution in [2.45, 2.75) is 38.0 Å². The summed E-state index contributed by atoms with van der Waals surface area (Å²) in [6, 6.07) is 14.8. The number of methoxy groups -OCH3 is 1. The number of hydrogen-bond acceptors (Lipinski definition) is 5. The molecule has 2 aromatic rings. The minimum absolute atomic E-state index is 0.116. The molecule has 0 bridgehead atoms. The van der Waals surface area contributed by atoms with Crippen LogP contribution in [0.25, 0.3) is 0 Å². The summed E-state index contributed by atoms with van der Waals surface area (Å²) in [5.41, 5.74) is 2.33. The van der Waals surface area contributed by atoms with Gasteiger partial charge in [-0.3, -0.25) is 4.90 Å². The number of aliphatic hydroxyl groups is 1. The summed E-state index contributed by atoms with van der Waals surface area (Å²) in [5, 5.41) is 12.4. The van der Waals surface area contributed by atoms with Crippen LogP contribution in [0, 0.1) is 23.7 Å². The van der Waals surface area contributed by atoms with E-state index in [-0.39, 0.29) is 12.7 Å². The van der Waals surface area contributed by atoms with Crippen LogP contribution in [0.4, 0.5) is 5.82 Å². The summed E-state index contributed by atoms with van der Waals surface area (Å²) >= 11 is 0. The fourth-order valence-corrected chi connectivity index (χ4v) is 4.86. The van der Waals surface area contributed by atoms with Crippen molar-refractivity contribution in [1.29, 1.82) is 0 Å². The lowest BCUT2D eigenvalue weighted by molar-refractivity contribution is 0.0304. The Bertz CT molecular complexity index is 859. The van der Waals surface area contributed by atoms with Gasteiger partial charge in [0.1, 0.15) is 5.82 Å². The third kappa shape index (κ3) is 5.20. The van der Waals surface area contributed by atoms with E-state index < -0.39 is 0 Å². The lowest BCUT2D eigenvalue weighted by Gasteiger charge is -2.37. The summed E-state index contributed by atoms with van der Waals surface area (Å²) in [5.74, 6) is 8.39. The summed E-state index contributed by atoms with van der Waals surface area (Å²) in [4.78, 5) is 7.01. The first-order valence-corrected chi connectivity index (χ1v) is 10.9. The molecule has 2 fully saturated rings. The smallest absolute Gasteiger partial charge is 0.126 e. The van der Waals surface area contributed by atoms with Crippen LogP contribution in [0.3, 0.4) is 0 Å². The number of ether oxygens (including phenoxy) is 1. The molecule has 1 aliphatic heterocycles. The normalized spacial score (nSPS) is 25.9. The standard InChI is InChI=1S/C25H31N3O2/c1-30-24-15-22-18-28(16-20-10-8-19(9-11-20)6-3-5-13-29)17-21(22)14-23(24)27-25-7-2-4-12-26-25/h2,4,7-12,21-24,29H,5,13-18H2,1H3,(H,26,27)/t21-,22+,23-,24-/m1/s1. The highest BCUT2D eigenvalue weighted by atomic mass is 16.5. The number of benzene rings is 1. The first kappa shape index (κ1) is 20.9. The average molecular weight is 406 g/mol. The van der Waals surface area contributed by atoms with Crippen molar-refractivity contribution < 1.29 is 9.84 Å². The minimum atomic E-state index is 0.116. The molecule has 0 radical (unpaired) electrons. The monoisotopic (exact) mass is 405 g/mol. The largest absolute Gasteiger partial charge is 0.395 e. The number of pyridine rings is 1. The van der Waals surface area contributed by atoms with Crippen LogP contribution in [0.2, 0.25) is 0 Å². The number of nitrogens with zero attached hydrogens (tertiary/aromatic N) is 2. The summed E-state index contributed by atoms with van der Waals surface area (Å²) in [6.07, 6.45) is 4.80. The van der Waals surface area contributed by atoms with E-state index in [1.807, 2.05) is 31.5 Å². The van der Waals surface area contributed by atoms with Crippen molar-refractivity contribution in [3.05, 3.63) is 59.8 Å². The SMILES string of the molecule is CO[C@@H]1C[C@H]2CN(Cc3ccc(C#CCCO)cc3)C[C@H]2C[C@H]1Nc1ccccn1. The molecular formula is C25H31N3O2. The molecular weight excluding hydrogens is 374 g/mol. The molecule has 1 aromatic heterocycles. The van der Waals surface area contributed by atoms with Crippen molar-refractivity contribution in [3.63, 3.8) is 0 Å². The van der Waals surface area contributed by atoms with Gasteiger partial charge in [0.05, 0.1) is 18.8 Å². The molecule has 158 valence electrons. The third-order valence-electron chi connectivity index (χ3n) is 6.32. The molecule has 0 unspecified atom stereocenters. The van der Waals surface area contributed by atoms with Crippen LogP contribution < -0.4 is 5.32 Å². The fraction of sp³-hybridized carbons (Fsp3) is 0.480. The van der Waals surface area contributed by atoms with Crippen molar-refractivity contribution in [2.24, 2.45) is 11.8 Å². The molecule has 4 rings (SSSR count). The van der Waals surface area contributed by atoms with Crippen LogP contribution in [0.15, 0.2) is 48.7 Å². The minimum Gasteiger partial charge on any atom is -0.395 e. The molecule has 0 spiro atoms. The van der Waals surface area contributed by atoms with E-state index in [9.17, 15) is 0 Å². The van der Waals surface area contributed by atoms with E-state index in [2.05, 4.69) is 51.3 Å². The molecule has 5 heteroatoms. The molecule has 1 aliphatic carbocycles. The molecule has 4 atom stereocenters. The fourth-order valence-electron chi connectivity index (χ4n) is 4.86. The van der Waals surface area contributed by atoms with E-state index in [0.717, 1.165) is 43.9 Å². The maximum absolute atomic E-state index is 8.84. The van der Waals surface area contributed by atoms with Gasteiger partial charge in [-0.25, -0.2) is 4.98 Å². The van der Waals surface area contributed by atoms with Crippen LogP contribution in [0.1, 0.15) is 30.4 Å². The number of aromatic nitrogens is 1.